The molecular weight excluding hydrogens is 476 g/mol. The normalized spacial score (nSPS) is 14.3. The van der Waals surface area contributed by atoms with Crippen molar-refractivity contribution >= 4 is 34.7 Å². The van der Waals surface area contributed by atoms with Crippen molar-refractivity contribution in [2.24, 2.45) is 0 Å². The van der Waals surface area contributed by atoms with Crippen molar-refractivity contribution in [2.75, 3.05) is 24.4 Å². The molecule has 3 aromatic carbocycles. The molecule has 0 spiro atoms. The summed E-state index contributed by atoms with van der Waals surface area (Å²) >= 11 is 6.13. The molecule has 1 aromatic heterocycles. The zero-order valence-electron chi connectivity index (χ0n) is 19.9. The van der Waals surface area contributed by atoms with Crippen LogP contribution in [-0.2, 0) is 0 Å². The maximum Gasteiger partial charge on any atom is 0.261 e. The molecule has 4 aromatic rings. The number of fused-ring (bicyclic) bond motifs is 1. The van der Waals surface area contributed by atoms with Crippen LogP contribution >= 0.6 is 11.6 Å². The highest BCUT2D eigenvalue weighted by Crippen LogP contribution is 2.36. The van der Waals surface area contributed by atoms with Crippen molar-refractivity contribution in [2.45, 2.75) is 13.0 Å². The Labute approximate surface area is 214 Å². The van der Waals surface area contributed by atoms with Gasteiger partial charge in [0.1, 0.15) is 22.9 Å². The predicted molar refractivity (Wildman–Crippen MR) is 142 cm³/mol. The van der Waals surface area contributed by atoms with Gasteiger partial charge in [0.05, 0.1) is 26.0 Å². The lowest BCUT2D eigenvalue weighted by Gasteiger charge is -2.26. The number of rotatable bonds is 7. The summed E-state index contributed by atoms with van der Waals surface area (Å²) in [4.78, 5) is 13.3. The van der Waals surface area contributed by atoms with Gasteiger partial charge in [-0.15, -0.1) is 0 Å². The van der Waals surface area contributed by atoms with Crippen LogP contribution < -0.4 is 20.1 Å². The molecule has 1 atom stereocenters. The smallest absolute Gasteiger partial charge is 0.261 e. The number of hydrogen-bond acceptors (Lipinski definition) is 5. The maximum atomic E-state index is 13.3. The molecule has 8 heteroatoms. The molecule has 2 heterocycles. The van der Waals surface area contributed by atoms with E-state index in [-0.39, 0.29) is 11.9 Å². The quantitative estimate of drug-likeness (QED) is 0.313. The Hall–Kier alpha value is -4.23. The number of ether oxygens (including phenoxy) is 2. The summed E-state index contributed by atoms with van der Waals surface area (Å²) in [5.41, 5.74) is 3.85. The van der Waals surface area contributed by atoms with E-state index in [0.717, 1.165) is 28.3 Å². The SMILES string of the molecule is CCOc1ccc(NC(=O)c2cnn3c2NC(c2cccc(OC)c2)=CC3c2ccc(Cl)cc2)cc1. The fourth-order valence-electron chi connectivity index (χ4n) is 4.12. The topological polar surface area (TPSA) is 77.4 Å². The van der Waals surface area contributed by atoms with Gasteiger partial charge in [0.2, 0.25) is 0 Å². The van der Waals surface area contributed by atoms with Crippen LogP contribution in [0.25, 0.3) is 5.70 Å². The third-order valence-corrected chi connectivity index (χ3v) is 6.15. The fraction of sp³-hybridized carbons (Fsp3) is 0.143. The van der Waals surface area contributed by atoms with Gasteiger partial charge in [-0.05, 0) is 67.1 Å². The largest absolute Gasteiger partial charge is 0.497 e. The van der Waals surface area contributed by atoms with Gasteiger partial charge >= 0.3 is 0 Å². The van der Waals surface area contributed by atoms with Gasteiger partial charge in [-0.1, -0.05) is 35.9 Å². The highest BCUT2D eigenvalue weighted by molar-refractivity contribution is 6.30. The third-order valence-electron chi connectivity index (χ3n) is 5.90. The number of allylic oxidation sites excluding steroid dienone is 1. The molecule has 0 radical (unpaired) electrons. The van der Waals surface area contributed by atoms with E-state index < -0.39 is 0 Å². The highest BCUT2D eigenvalue weighted by atomic mass is 35.5. The second-order valence-corrected chi connectivity index (χ2v) is 8.63. The van der Waals surface area contributed by atoms with E-state index in [4.69, 9.17) is 21.1 Å². The Bertz CT molecular complexity index is 1410. The fourth-order valence-corrected chi connectivity index (χ4v) is 4.24. The first-order chi connectivity index (χ1) is 17.6. The van der Waals surface area contributed by atoms with Crippen molar-refractivity contribution in [3.63, 3.8) is 0 Å². The number of benzene rings is 3. The number of nitrogens with zero attached hydrogens (tertiary/aromatic N) is 2. The van der Waals surface area contributed by atoms with Crippen LogP contribution in [0.15, 0.2) is 85.1 Å². The summed E-state index contributed by atoms with van der Waals surface area (Å²) in [6.45, 7) is 2.51. The van der Waals surface area contributed by atoms with Crippen molar-refractivity contribution in [1.82, 2.24) is 9.78 Å². The van der Waals surface area contributed by atoms with E-state index in [2.05, 4.69) is 21.8 Å². The van der Waals surface area contributed by atoms with Crippen molar-refractivity contribution in [3.05, 3.63) is 107 Å². The second-order valence-electron chi connectivity index (χ2n) is 8.20. The van der Waals surface area contributed by atoms with Crippen molar-refractivity contribution < 1.29 is 14.3 Å². The Morgan fingerprint density at radius 3 is 2.58 bits per heavy atom. The van der Waals surface area contributed by atoms with E-state index >= 15 is 0 Å². The first-order valence-corrected chi connectivity index (χ1v) is 11.9. The van der Waals surface area contributed by atoms with E-state index in [9.17, 15) is 4.79 Å². The maximum absolute atomic E-state index is 13.3. The predicted octanol–water partition coefficient (Wildman–Crippen LogP) is 6.25. The summed E-state index contributed by atoms with van der Waals surface area (Å²) in [6.07, 6.45) is 3.66. The minimum atomic E-state index is -0.269. The molecule has 2 N–H and O–H groups in total. The molecule has 0 bridgehead atoms. The van der Waals surface area contributed by atoms with Gasteiger partial charge in [0.15, 0.2) is 0 Å². The molecule has 0 aliphatic carbocycles. The molecule has 0 fully saturated rings. The molecule has 1 amide bonds. The molecule has 1 aliphatic rings. The van der Waals surface area contributed by atoms with Gasteiger partial charge in [-0.3, -0.25) is 4.79 Å². The molecule has 36 heavy (non-hydrogen) atoms. The molecule has 1 unspecified atom stereocenters. The number of anilines is 2. The molecule has 0 saturated carbocycles. The van der Waals surface area contributed by atoms with E-state index in [1.54, 1.807) is 18.0 Å². The zero-order valence-corrected chi connectivity index (χ0v) is 20.6. The van der Waals surface area contributed by atoms with Gasteiger partial charge in [0, 0.05) is 22.0 Å². The zero-order chi connectivity index (χ0) is 25.1. The first kappa shape index (κ1) is 23.5. The van der Waals surface area contributed by atoms with E-state index in [1.165, 1.54) is 0 Å². The molecule has 5 rings (SSSR count). The summed E-state index contributed by atoms with van der Waals surface area (Å²) in [7, 11) is 1.64. The third kappa shape index (κ3) is 4.78. The second kappa shape index (κ2) is 10.2. The van der Waals surface area contributed by atoms with Crippen LogP contribution in [-0.4, -0.2) is 29.4 Å². The standard InChI is InChI=1S/C28H25ClN4O3/c1-3-36-22-13-11-21(12-14-22)31-28(34)24-17-30-33-26(18-7-9-20(29)10-8-18)16-25(32-27(24)33)19-5-4-6-23(15-19)35-2/h4-17,26,32H,3H2,1-2H3,(H,31,34). The van der Waals surface area contributed by atoms with Crippen molar-refractivity contribution in [3.8, 4) is 11.5 Å². The lowest BCUT2D eigenvalue weighted by molar-refractivity contribution is 0.102. The molecule has 7 nitrogen and oxygen atoms in total. The summed E-state index contributed by atoms with van der Waals surface area (Å²) in [5, 5.41) is 11.6. The van der Waals surface area contributed by atoms with Gasteiger partial charge < -0.3 is 20.1 Å². The van der Waals surface area contributed by atoms with Crippen LogP contribution in [0.4, 0.5) is 11.5 Å². The average molecular weight is 501 g/mol. The Kier molecular flexibility index (Phi) is 6.64. The highest BCUT2D eigenvalue weighted by Gasteiger charge is 2.28. The lowest BCUT2D eigenvalue weighted by atomic mass is 10.0. The Morgan fingerprint density at radius 1 is 1.08 bits per heavy atom. The Balaban J connectivity index is 1.50. The van der Waals surface area contributed by atoms with E-state index in [1.807, 2.05) is 79.7 Å². The molecule has 1 aliphatic heterocycles. The Morgan fingerprint density at radius 2 is 1.86 bits per heavy atom. The number of aromatic nitrogens is 2. The first-order valence-electron chi connectivity index (χ1n) is 11.6. The van der Waals surface area contributed by atoms with Gasteiger partial charge in [0.25, 0.3) is 5.91 Å². The van der Waals surface area contributed by atoms with Crippen LogP contribution in [0, 0.1) is 0 Å². The van der Waals surface area contributed by atoms with Crippen LogP contribution in [0.2, 0.25) is 5.02 Å². The molecule has 0 saturated heterocycles. The average Bonchev–Trinajstić information content (AvgIpc) is 3.34. The number of carbonyl (C=O) groups is 1. The van der Waals surface area contributed by atoms with Crippen LogP contribution in [0.1, 0.15) is 34.5 Å². The molecular formula is C28H25ClN4O3. The number of methoxy groups -OCH3 is 1. The summed E-state index contributed by atoms with van der Waals surface area (Å²) in [6, 6.07) is 22.4. The number of hydrogen-bond donors (Lipinski definition) is 2. The summed E-state index contributed by atoms with van der Waals surface area (Å²) < 4.78 is 12.7. The number of nitrogens with one attached hydrogen (secondary N) is 2. The minimum Gasteiger partial charge on any atom is -0.497 e. The van der Waals surface area contributed by atoms with Crippen LogP contribution in [0.5, 0.6) is 11.5 Å². The minimum absolute atomic E-state index is 0.244. The van der Waals surface area contributed by atoms with E-state index in [0.29, 0.717) is 28.7 Å². The molecule has 182 valence electrons. The summed E-state index contributed by atoms with van der Waals surface area (Å²) in [5.74, 6) is 1.82. The van der Waals surface area contributed by atoms with Crippen molar-refractivity contribution in [1.29, 1.82) is 0 Å². The number of carbonyl (C=O) groups excluding carboxylic acids is 1. The number of halogens is 1. The van der Waals surface area contributed by atoms with Gasteiger partial charge in [-0.25, -0.2) is 4.68 Å². The van der Waals surface area contributed by atoms with Gasteiger partial charge in [-0.2, -0.15) is 5.10 Å². The monoisotopic (exact) mass is 500 g/mol. The van der Waals surface area contributed by atoms with Crippen LogP contribution in [0.3, 0.4) is 0 Å². The number of amides is 1. The lowest BCUT2D eigenvalue weighted by Crippen LogP contribution is -2.22.